The van der Waals surface area contributed by atoms with Gasteiger partial charge in [-0.05, 0) is 43.7 Å². The Morgan fingerprint density at radius 3 is 2.79 bits per heavy atom. The molecule has 1 atom stereocenters. The van der Waals surface area contributed by atoms with Crippen LogP contribution in [0.3, 0.4) is 0 Å². The molecule has 0 aliphatic carbocycles. The number of hydrogen-bond donors (Lipinski definition) is 3. The van der Waals surface area contributed by atoms with Gasteiger partial charge in [-0.15, -0.1) is 0 Å². The highest BCUT2D eigenvalue weighted by atomic mass is 15.3. The van der Waals surface area contributed by atoms with Crippen molar-refractivity contribution < 1.29 is 0 Å². The van der Waals surface area contributed by atoms with Crippen molar-refractivity contribution in [2.45, 2.75) is 19.4 Å². The van der Waals surface area contributed by atoms with Gasteiger partial charge in [-0.25, -0.2) is 0 Å². The lowest BCUT2D eigenvalue weighted by atomic mass is 9.94. The van der Waals surface area contributed by atoms with Crippen LogP contribution >= 0.6 is 0 Å². The summed E-state index contributed by atoms with van der Waals surface area (Å²) in [6, 6.07) is 7.59. The minimum Gasteiger partial charge on any atom is -0.399 e. The summed E-state index contributed by atoms with van der Waals surface area (Å²) >= 11 is 0. The van der Waals surface area contributed by atoms with Gasteiger partial charge in [-0.2, -0.15) is 0 Å². The van der Waals surface area contributed by atoms with Gasteiger partial charge in [0.25, 0.3) is 0 Å². The summed E-state index contributed by atoms with van der Waals surface area (Å²) in [5.41, 5.74) is 8.44. The van der Waals surface area contributed by atoms with E-state index >= 15 is 0 Å². The SMILES string of the molecule is C=C/C=C(/C)C1(C)CN=C(Nc2ccc(N)cc2)N1. The maximum absolute atomic E-state index is 5.66. The van der Waals surface area contributed by atoms with E-state index in [1.165, 1.54) is 5.57 Å². The fourth-order valence-electron chi connectivity index (χ4n) is 1.94. The number of nitrogens with two attached hydrogens (primary N) is 1. The summed E-state index contributed by atoms with van der Waals surface area (Å²) in [5, 5.41) is 6.66. The zero-order chi connectivity index (χ0) is 13.9. The Kier molecular flexibility index (Phi) is 3.60. The molecule has 0 aromatic heterocycles. The Labute approximate surface area is 114 Å². The Balaban J connectivity index is 2.04. The third-order valence-corrected chi connectivity index (χ3v) is 3.36. The molecule has 0 spiro atoms. The van der Waals surface area contributed by atoms with E-state index in [4.69, 9.17) is 5.73 Å². The van der Waals surface area contributed by atoms with E-state index in [1.807, 2.05) is 30.3 Å². The molecule has 0 radical (unpaired) electrons. The molecule has 1 aromatic rings. The first-order valence-corrected chi connectivity index (χ1v) is 6.28. The number of allylic oxidation sites excluding steroid dienone is 2. The quantitative estimate of drug-likeness (QED) is 0.575. The molecule has 0 amide bonds. The standard InChI is InChI=1S/C15H20N4/c1-4-5-11(2)15(3)10-17-14(19-15)18-13-8-6-12(16)7-9-13/h4-9H,1,10,16H2,2-3H3,(H2,17,18,19)/b11-5-. The monoisotopic (exact) mass is 256 g/mol. The average molecular weight is 256 g/mol. The second-order valence-corrected chi connectivity index (χ2v) is 4.95. The third kappa shape index (κ3) is 2.96. The van der Waals surface area contributed by atoms with Crippen molar-refractivity contribution in [3.63, 3.8) is 0 Å². The molecule has 0 saturated heterocycles. The Morgan fingerprint density at radius 2 is 2.16 bits per heavy atom. The van der Waals surface area contributed by atoms with E-state index < -0.39 is 0 Å². The van der Waals surface area contributed by atoms with Crippen molar-refractivity contribution in [1.82, 2.24) is 5.32 Å². The van der Waals surface area contributed by atoms with Gasteiger partial charge >= 0.3 is 0 Å². The lowest BCUT2D eigenvalue weighted by Crippen LogP contribution is -2.45. The maximum Gasteiger partial charge on any atom is 0.196 e. The van der Waals surface area contributed by atoms with Crippen molar-refractivity contribution >= 4 is 17.3 Å². The van der Waals surface area contributed by atoms with Crippen LogP contribution in [0.15, 0.2) is 53.6 Å². The Hall–Kier alpha value is -2.23. The second kappa shape index (κ2) is 5.18. The van der Waals surface area contributed by atoms with Gasteiger partial charge in [0.05, 0.1) is 12.1 Å². The van der Waals surface area contributed by atoms with Gasteiger partial charge in [0.1, 0.15) is 0 Å². The summed E-state index contributed by atoms with van der Waals surface area (Å²) in [6.45, 7) is 8.65. The summed E-state index contributed by atoms with van der Waals surface area (Å²) in [6.07, 6.45) is 3.81. The van der Waals surface area contributed by atoms with Crippen molar-refractivity contribution in [3.8, 4) is 0 Å². The fraction of sp³-hybridized carbons (Fsp3) is 0.267. The summed E-state index contributed by atoms with van der Waals surface area (Å²) in [4.78, 5) is 4.50. The average Bonchev–Trinajstić information content (AvgIpc) is 2.76. The molecule has 1 heterocycles. The molecular formula is C15H20N4. The van der Waals surface area contributed by atoms with Gasteiger partial charge < -0.3 is 16.4 Å². The maximum atomic E-state index is 5.66. The van der Waals surface area contributed by atoms with Crippen LogP contribution in [0.4, 0.5) is 11.4 Å². The molecular weight excluding hydrogens is 236 g/mol. The smallest absolute Gasteiger partial charge is 0.196 e. The predicted molar refractivity (Wildman–Crippen MR) is 82.3 cm³/mol. The lowest BCUT2D eigenvalue weighted by molar-refractivity contribution is 0.535. The van der Waals surface area contributed by atoms with Crippen LogP contribution in [0.5, 0.6) is 0 Å². The highest BCUT2D eigenvalue weighted by Gasteiger charge is 2.31. The second-order valence-electron chi connectivity index (χ2n) is 4.95. The van der Waals surface area contributed by atoms with Crippen LogP contribution in [0.25, 0.3) is 0 Å². The molecule has 4 heteroatoms. The molecule has 1 aromatic carbocycles. The molecule has 0 bridgehead atoms. The first kappa shape index (κ1) is 13.2. The molecule has 4 N–H and O–H groups in total. The van der Waals surface area contributed by atoms with Gasteiger partial charge in [-0.3, -0.25) is 4.99 Å². The number of aliphatic imine (C=N–C) groups is 1. The van der Waals surface area contributed by atoms with Crippen molar-refractivity contribution in [3.05, 3.63) is 48.6 Å². The van der Waals surface area contributed by atoms with Gasteiger partial charge in [0, 0.05) is 11.4 Å². The van der Waals surface area contributed by atoms with Crippen molar-refractivity contribution in [2.24, 2.45) is 4.99 Å². The molecule has 1 unspecified atom stereocenters. The summed E-state index contributed by atoms with van der Waals surface area (Å²) in [5.74, 6) is 0.782. The van der Waals surface area contributed by atoms with Crippen LogP contribution in [-0.2, 0) is 0 Å². The summed E-state index contributed by atoms with van der Waals surface area (Å²) < 4.78 is 0. The minimum atomic E-state index is -0.148. The van der Waals surface area contributed by atoms with Crippen molar-refractivity contribution in [2.75, 3.05) is 17.6 Å². The molecule has 1 aliphatic heterocycles. The zero-order valence-corrected chi connectivity index (χ0v) is 11.4. The fourth-order valence-corrected chi connectivity index (χ4v) is 1.94. The normalized spacial score (nSPS) is 22.6. The summed E-state index contributed by atoms with van der Waals surface area (Å²) in [7, 11) is 0. The van der Waals surface area contributed by atoms with Crippen LogP contribution in [-0.4, -0.2) is 18.0 Å². The van der Waals surface area contributed by atoms with Crippen LogP contribution in [0, 0.1) is 0 Å². The van der Waals surface area contributed by atoms with Gasteiger partial charge in [0.15, 0.2) is 5.96 Å². The number of nitrogens with zero attached hydrogens (tertiary/aromatic N) is 1. The van der Waals surface area contributed by atoms with Crippen LogP contribution in [0.2, 0.25) is 0 Å². The van der Waals surface area contributed by atoms with Crippen LogP contribution < -0.4 is 16.4 Å². The lowest BCUT2D eigenvalue weighted by Gasteiger charge is -2.26. The molecule has 1 aliphatic rings. The van der Waals surface area contributed by atoms with E-state index in [9.17, 15) is 0 Å². The molecule has 2 rings (SSSR count). The highest BCUT2D eigenvalue weighted by Crippen LogP contribution is 2.21. The number of nitrogens with one attached hydrogen (secondary N) is 2. The number of hydrogen-bond acceptors (Lipinski definition) is 4. The highest BCUT2D eigenvalue weighted by molar-refractivity contribution is 5.95. The number of benzene rings is 1. The number of nitrogen functional groups attached to an aromatic ring is 1. The zero-order valence-electron chi connectivity index (χ0n) is 11.4. The topological polar surface area (TPSA) is 62.4 Å². The van der Waals surface area contributed by atoms with E-state index in [1.54, 1.807) is 6.08 Å². The van der Waals surface area contributed by atoms with Gasteiger partial charge in [0.2, 0.25) is 0 Å². The van der Waals surface area contributed by atoms with Crippen molar-refractivity contribution in [1.29, 1.82) is 0 Å². The number of rotatable bonds is 3. The van der Waals surface area contributed by atoms with E-state index in [-0.39, 0.29) is 5.54 Å². The molecule has 0 fully saturated rings. The molecule has 19 heavy (non-hydrogen) atoms. The number of guanidine groups is 1. The van der Waals surface area contributed by atoms with E-state index in [0.717, 1.165) is 17.3 Å². The largest absolute Gasteiger partial charge is 0.399 e. The van der Waals surface area contributed by atoms with E-state index in [0.29, 0.717) is 6.54 Å². The molecule has 4 nitrogen and oxygen atoms in total. The van der Waals surface area contributed by atoms with E-state index in [2.05, 4.69) is 36.1 Å². The Bertz CT molecular complexity index is 528. The minimum absolute atomic E-state index is 0.148. The Morgan fingerprint density at radius 1 is 1.47 bits per heavy atom. The number of anilines is 2. The molecule has 0 saturated carbocycles. The first-order valence-electron chi connectivity index (χ1n) is 6.28. The van der Waals surface area contributed by atoms with Gasteiger partial charge in [-0.1, -0.05) is 18.7 Å². The van der Waals surface area contributed by atoms with Crippen LogP contribution in [0.1, 0.15) is 13.8 Å². The first-order chi connectivity index (χ1) is 9.03. The predicted octanol–water partition coefficient (Wildman–Crippen LogP) is 2.53. The third-order valence-electron chi connectivity index (χ3n) is 3.36. The molecule has 100 valence electrons.